The van der Waals surface area contributed by atoms with Crippen LogP contribution in [0.1, 0.15) is 5.56 Å². The molecule has 2 aromatic rings. The smallest absolute Gasteiger partial charge is 0.328 e. The van der Waals surface area contributed by atoms with Gasteiger partial charge in [0.05, 0.1) is 0 Å². The number of aromatic nitrogens is 1. The molecular weight excluding hydrogens is 258 g/mol. The number of carbonyl (C=O) groups is 1. The summed E-state index contributed by atoms with van der Waals surface area (Å²) in [7, 11) is 0. The normalized spacial score (nSPS) is 11.3. The van der Waals surface area contributed by atoms with Crippen LogP contribution in [0.4, 0.5) is 0 Å². The third kappa shape index (κ3) is 2.10. The second-order valence-corrected chi connectivity index (χ2v) is 4.02. The van der Waals surface area contributed by atoms with Crippen molar-refractivity contribution in [3.8, 4) is 0 Å². The average Bonchev–Trinajstić information content (AvgIpc) is 2.57. The zero-order valence-corrected chi connectivity index (χ0v) is 9.28. The van der Waals surface area contributed by atoms with Crippen molar-refractivity contribution < 1.29 is 9.90 Å². The molecule has 1 heterocycles. The third-order valence-electron chi connectivity index (χ3n) is 2.08. The van der Waals surface area contributed by atoms with E-state index >= 15 is 0 Å². The molecule has 3 nitrogen and oxygen atoms in total. The number of benzene rings is 1. The minimum Gasteiger partial charge on any atom is -0.478 e. The number of hydrogen-bond acceptors (Lipinski definition) is 1. The summed E-state index contributed by atoms with van der Waals surface area (Å²) in [5, 5.41) is 9.53. The molecule has 0 radical (unpaired) electrons. The molecule has 1 aromatic heterocycles. The van der Waals surface area contributed by atoms with Crippen molar-refractivity contribution in [1.29, 1.82) is 0 Å². The maximum atomic E-state index is 10.4. The number of fused-ring (bicyclic) bond motifs is 1. The Kier molecular flexibility index (Phi) is 2.60. The lowest BCUT2D eigenvalue weighted by Gasteiger charge is -1.92. The molecule has 0 spiro atoms. The van der Waals surface area contributed by atoms with E-state index in [2.05, 4.69) is 20.9 Å². The van der Waals surface area contributed by atoms with Crippen LogP contribution in [-0.2, 0) is 4.79 Å². The fourth-order valence-electron chi connectivity index (χ4n) is 1.42. The maximum absolute atomic E-state index is 10.4. The Hall–Kier alpha value is -1.55. The van der Waals surface area contributed by atoms with Crippen LogP contribution in [-0.4, -0.2) is 16.1 Å². The molecule has 0 saturated carbocycles. The van der Waals surface area contributed by atoms with Gasteiger partial charge in [0.1, 0.15) is 0 Å². The van der Waals surface area contributed by atoms with Gasteiger partial charge in [-0.1, -0.05) is 22.0 Å². The van der Waals surface area contributed by atoms with Gasteiger partial charge in [-0.3, -0.25) is 0 Å². The molecule has 0 saturated heterocycles. The first kappa shape index (κ1) is 9.98. The van der Waals surface area contributed by atoms with Gasteiger partial charge in [0, 0.05) is 33.2 Å². The summed E-state index contributed by atoms with van der Waals surface area (Å²) in [4.78, 5) is 13.5. The highest BCUT2D eigenvalue weighted by atomic mass is 79.9. The number of rotatable bonds is 2. The molecule has 0 atom stereocenters. The van der Waals surface area contributed by atoms with Crippen molar-refractivity contribution in [3.63, 3.8) is 0 Å². The summed E-state index contributed by atoms with van der Waals surface area (Å²) in [6.45, 7) is 0. The number of hydrogen-bond donors (Lipinski definition) is 2. The Bertz CT molecular complexity index is 543. The van der Waals surface area contributed by atoms with E-state index in [1.165, 1.54) is 0 Å². The van der Waals surface area contributed by atoms with E-state index in [0.717, 1.165) is 27.0 Å². The Labute approximate surface area is 94.6 Å². The molecule has 4 heteroatoms. The van der Waals surface area contributed by atoms with E-state index in [1.54, 1.807) is 12.3 Å². The quantitative estimate of drug-likeness (QED) is 0.821. The molecule has 15 heavy (non-hydrogen) atoms. The topological polar surface area (TPSA) is 53.1 Å². The van der Waals surface area contributed by atoms with Gasteiger partial charge < -0.3 is 10.1 Å². The van der Waals surface area contributed by atoms with Gasteiger partial charge in [0.15, 0.2) is 0 Å². The number of carboxylic acids is 1. The van der Waals surface area contributed by atoms with Crippen molar-refractivity contribution >= 4 is 38.9 Å². The van der Waals surface area contributed by atoms with Crippen LogP contribution in [0, 0.1) is 0 Å². The molecule has 2 N–H and O–H groups in total. The largest absolute Gasteiger partial charge is 0.478 e. The highest BCUT2D eigenvalue weighted by molar-refractivity contribution is 9.10. The molecule has 0 amide bonds. The number of nitrogens with one attached hydrogen (secondary N) is 1. The SMILES string of the molecule is O=C(O)/C=C/c1c[nH]c2cc(Br)ccc12. The second-order valence-electron chi connectivity index (χ2n) is 3.11. The average molecular weight is 266 g/mol. The zero-order chi connectivity index (χ0) is 10.8. The molecule has 76 valence electrons. The monoisotopic (exact) mass is 265 g/mol. The van der Waals surface area contributed by atoms with Gasteiger partial charge in [0.25, 0.3) is 0 Å². The van der Waals surface area contributed by atoms with E-state index in [0.29, 0.717) is 0 Å². The molecule has 2 rings (SSSR count). The first-order valence-corrected chi connectivity index (χ1v) is 5.14. The second kappa shape index (κ2) is 3.90. The summed E-state index contributed by atoms with van der Waals surface area (Å²) in [6.07, 6.45) is 4.50. The standard InChI is InChI=1S/C11H8BrNO2/c12-8-2-3-9-7(1-4-11(14)15)6-13-10(9)5-8/h1-6,13H,(H,14,15)/b4-1+. The maximum Gasteiger partial charge on any atom is 0.328 e. The molecule has 0 aliphatic carbocycles. The van der Waals surface area contributed by atoms with Crippen molar-refractivity contribution in [2.24, 2.45) is 0 Å². The first-order valence-electron chi connectivity index (χ1n) is 4.34. The summed E-state index contributed by atoms with van der Waals surface area (Å²) in [5.41, 5.74) is 1.86. The number of carboxylic acid groups (broad SMARTS) is 1. The van der Waals surface area contributed by atoms with Crippen LogP contribution in [0.25, 0.3) is 17.0 Å². The Morgan fingerprint density at radius 3 is 3.00 bits per heavy atom. The number of halogens is 1. The van der Waals surface area contributed by atoms with Gasteiger partial charge in [0.2, 0.25) is 0 Å². The van der Waals surface area contributed by atoms with E-state index < -0.39 is 5.97 Å². The molecule has 0 bridgehead atoms. The summed E-state index contributed by atoms with van der Waals surface area (Å²) >= 11 is 3.37. The van der Waals surface area contributed by atoms with Crippen LogP contribution in [0.5, 0.6) is 0 Å². The van der Waals surface area contributed by atoms with Crippen LogP contribution in [0.2, 0.25) is 0 Å². The van der Waals surface area contributed by atoms with Crippen molar-refractivity contribution in [1.82, 2.24) is 4.98 Å². The van der Waals surface area contributed by atoms with Crippen LogP contribution in [0.15, 0.2) is 34.9 Å². The van der Waals surface area contributed by atoms with Crippen molar-refractivity contribution in [3.05, 3.63) is 40.5 Å². The molecule has 0 aliphatic rings. The van der Waals surface area contributed by atoms with E-state index in [-0.39, 0.29) is 0 Å². The van der Waals surface area contributed by atoms with Gasteiger partial charge in [-0.2, -0.15) is 0 Å². The van der Waals surface area contributed by atoms with E-state index in [9.17, 15) is 4.79 Å². The molecule has 0 aliphatic heterocycles. The number of aliphatic carboxylic acids is 1. The fraction of sp³-hybridized carbons (Fsp3) is 0. The predicted octanol–water partition coefficient (Wildman–Crippen LogP) is 3.03. The lowest BCUT2D eigenvalue weighted by atomic mass is 10.1. The van der Waals surface area contributed by atoms with Gasteiger partial charge >= 0.3 is 5.97 Å². The Morgan fingerprint density at radius 2 is 2.27 bits per heavy atom. The van der Waals surface area contributed by atoms with E-state index in [1.807, 2.05) is 18.2 Å². The summed E-state index contributed by atoms with van der Waals surface area (Å²) in [6, 6.07) is 5.82. The Morgan fingerprint density at radius 1 is 1.47 bits per heavy atom. The molecule has 1 aromatic carbocycles. The minimum atomic E-state index is -0.943. The summed E-state index contributed by atoms with van der Waals surface area (Å²) in [5.74, 6) is -0.943. The summed E-state index contributed by atoms with van der Waals surface area (Å²) < 4.78 is 0.991. The lowest BCUT2D eigenvalue weighted by molar-refractivity contribution is -0.131. The number of aromatic amines is 1. The molecule has 0 unspecified atom stereocenters. The molecule has 0 fully saturated rings. The first-order chi connectivity index (χ1) is 7.16. The van der Waals surface area contributed by atoms with Crippen molar-refractivity contribution in [2.45, 2.75) is 0 Å². The van der Waals surface area contributed by atoms with Gasteiger partial charge in [-0.05, 0) is 18.2 Å². The fourth-order valence-corrected chi connectivity index (χ4v) is 1.78. The lowest BCUT2D eigenvalue weighted by Crippen LogP contribution is -1.84. The highest BCUT2D eigenvalue weighted by Crippen LogP contribution is 2.23. The van der Waals surface area contributed by atoms with E-state index in [4.69, 9.17) is 5.11 Å². The molecular formula is C11H8BrNO2. The van der Waals surface area contributed by atoms with Crippen LogP contribution < -0.4 is 0 Å². The van der Waals surface area contributed by atoms with Crippen LogP contribution in [0.3, 0.4) is 0 Å². The Balaban J connectivity index is 2.50. The van der Waals surface area contributed by atoms with Crippen LogP contribution >= 0.6 is 15.9 Å². The van der Waals surface area contributed by atoms with Gasteiger partial charge in [-0.25, -0.2) is 4.79 Å². The zero-order valence-electron chi connectivity index (χ0n) is 7.70. The number of H-pyrrole nitrogens is 1. The highest BCUT2D eigenvalue weighted by Gasteiger charge is 2.01. The third-order valence-corrected chi connectivity index (χ3v) is 2.57. The minimum absolute atomic E-state index is 0.875. The van der Waals surface area contributed by atoms with Crippen molar-refractivity contribution in [2.75, 3.05) is 0 Å². The van der Waals surface area contributed by atoms with Gasteiger partial charge in [-0.15, -0.1) is 0 Å². The predicted molar refractivity (Wildman–Crippen MR) is 62.7 cm³/mol.